The second-order valence-electron chi connectivity index (χ2n) is 8.73. The summed E-state index contributed by atoms with van der Waals surface area (Å²) in [5.41, 5.74) is 3.11. The van der Waals surface area contributed by atoms with E-state index in [1.807, 2.05) is 45.9 Å². The van der Waals surface area contributed by atoms with Crippen LogP contribution in [0.5, 0.6) is 0 Å². The predicted molar refractivity (Wildman–Crippen MR) is 122 cm³/mol. The second kappa shape index (κ2) is 10.3. The highest BCUT2D eigenvalue weighted by atomic mass is 19.4. The number of alkyl halides is 3. The Morgan fingerprint density at radius 1 is 1.09 bits per heavy atom. The van der Waals surface area contributed by atoms with Crippen molar-refractivity contribution in [1.82, 2.24) is 19.5 Å². The van der Waals surface area contributed by atoms with Crippen molar-refractivity contribution in [2.75, 3.05) is 18.4 Å². The van der Waals surface area contributed by atoms with Crippen LogP contribution in [0.15, 0.2) is 48.7 Å². The summed E-state index contributed by atoms with van der Waals surface area (Å²) < 4.78 is 33.6. The third-order valence-corrected chi connectivity index (χ3v) is 5.95. The van der Waals surface area contributed by atoms with Gasteiger partial charge in [0.1, 0.15) is 0 Å². The van der Waals surface area contributed by atoms with E-state index in [2.05, 4.69) is 17.4 Å². The summed E-state index contributed by atoms with van der Waals surface area (Å²) in [7, 11) is 0. The topological polar surface area (TPSA) is 99.8 Å². The zero-order valence-corrected chi connectivity index (χ0v) is 18.9. The number of halogens is 3. The lowest BCUT2D eigenvalue weighted by molar-refractivity contribution is -0.192. The second-order valence-corrected chi connectivity index (χ2v) is 8.73. The fraction of sp³-hybridized carbons (Fsp3) is 0.417. The summed E-state index contributed by atoms with van der Waals surface area (Å²) in [6, 6.07) is 14.4. The number of anilines is 1. The number of piperidine rings is 1. The molecule has 1 aromatic carbocycles. The number of carbonyl (C=O) groups is 2. The molecule has 35 heavy (non-hydrogen) atoms. The fourth-order valence-corrected chi connectivity index (χ4v) is 3.95. The number of fused-ring (bicyclic) bond motifs is 1. The number of hydrogen-bond acceptors (Lipinski definition) is 5. The van der Waals surface area contributed by atoms with Gasteiger partial charge in [-0.25, -0.2) is 14.3 Å². The van der Waals surface area contributed by atoms with E-state index in [0.717, 1.165) is 62.5 Å². The van der Waals surface area contributed by atoms with Crippen molar-refractivity contribution < 1.29 is 27.9 Å². The summed E-state index contributed by atoms with van der Waals surface area (Å²) in [6.07, 6.45) is 1.11. The predicted octanol–water partition coefficient (Wildman–Crippen LogP) is 4.09. The monoisotopic (exact) mass is 489 g/mol. The lowest BCUT2D eigenvalue weighted by atomic mass is 9.97. The van der Waals surface area contributed by atoms with E-state index in [1.165, 1.54) is 5.56 Å². The molecule has 1 amide bonds. The number of nitrogens with zero attached hydrogens (tertiary/aromatic N) is 4. The Bertz CT molecular complexity index is 1180. The Balaban J connectivity index is 0.000000364. The van der Waals surface area contributed by atoms with Gasteiger partial charge in [-0.05, 0) is 43.4 Å². The minimum atomic E-state index is -5.08. The molecule has 0 radical (unpaired) electrons. The number of nitrogens with one attached hydrogen (secondary N) is 1. The molecular weight excluding hydrogens is 463 g/mol. The third-order valence-electron chi connectivity index (χ3n) is 5.95. The first-order valence-corrected chi connectivity index (χ1v) is 11.4. The highest BCUT2D eigenvalue weighted by molar-refractivity contribution is 5.81. The number of benzene rings is 1. The Hall–Kier alpha value is -3.63. The molecule has 1 unspecified atom stereocenters. The maximum Gasteiger partial charge on any atom is 0.490 e. The minimum absolute atomic E-state index is 0.233. The first-order chi connectivity index (χ1) is 16.7. The summed E-state index contributed by atoms with van der Waals surface area (Å²) >= 11 is 0. The molecule has 3 heterocycles. The van der Waals surface area contributed by atoms with Gasteiger partial charge in [0.15, 0.2) is 11.5 Å². The lowest BCUT2D eigenvalue weighted by Crippen LogP contribution is -2.40. The van der Waals surface area contributed by atoms with Crippen LogP contribution in [0.25, 0.3) is 5.65 Å². The number of pyridine rings is 1. The lowest BCUT2D eigenvalue weighted by Gasteiger charge is -2.31. The standard InChI is InChI=1S/C22H25N5O.C2HF3O2/c28-22(17-8-9-17)26-12-4-7-18(14-26)21-24-20-11-10-19(15-27(20)25-21)23-13-16-5-2-1-3-6-16;3-2(4,5)1(6)7/h1-3,5-6,10-11,15,17-18,23H,4,7-9,12-14H2;(H,6,7). The van der Waals surface area contributed by atoms with Gasteiger partial charge in [0.05, 0.1) is 11.9 Å². The molecule has 5 rings (SSSR count). The van der Waals surface area contributed by atoms with Crippen molar-refractivity contribution in [2.24, 2.45) is 5.92 Å². The molecule has 1 atom stereocenters. The SMILES string of the molecule is O=C(C1CC1)N1CCCC(c2nc3ccc(NCc4ccccc4)cn3n2)C1.O=C(O)C(F)(F)F. The van der Waals surface area contributed by atoms with Crippen molar-refractivity contribution in [3.8, 4) is 0 Å². The Kier molecular flexibility index (Phi) is 7.23. The van der Waals surface area contributed by atoms with Crippen molar-refractivity contribution >= 4 is 23.2 Å². The van der Waals surface area contributed by atoms with Crippen LogP contribution in [-0.4, -0.2) is 55.7 Å². The van der Waals surface area contributed by atoms with E-state index in [1.54, 1.807) is 0 Å². The Morgan fingerprint density at radius 3 is 2.46 bits per heavy atom. The van der Waals surface area contributed by atoms with E-state index in [0.29, 0.717) is 5.91 Å². The molecule has 0 bridgehead atoms. The normalized spacial score (nSPS) is 18.0. The van der Waals surface area contributed by atoms with Crippen LogP contribution in [0.3, 0.4) is 0 Å². The summed E-state index contributed by atoms with van der Waals surface area (Å²) in [5, 5.41) is 15.3. The molecule has 11 heteroatoms. The molecule has 2 fully saturated rings. The third kappa shape index (κ3) is 6.49. The average molecular weight is 489 g/mol. The molecule has 186 valence electrons. The van der Waals surface area contributed by atoms with Crippen LogP contribution >= 0.6 is 0 Å². The highest BCUT2D eigenvalue weighted by Gasteiger charge is 2.38. The first-order valence-electron chi connectivity index (χ1n) is 11.4. The van der Waals surface area contributed by atoms with Gasteiger partial charge in [0.2, 0.25) is 5.91 Å². The van der Waals surface area contributed by atoms with E-state index >= 15 is 0 Å². The number of carboxylic acid groups (broad SMARTS) is 1. The number of aliphatic carboxylic acids is 1. The molecule has 3 aromatic rings. The van der Waals surface area contributed by atoms with Gasteiger partial charge >= 0.3 is 12.1 Å². The maximum absolute atomic E-state index is 12.4. The summed E-state index contributed by atoms with van der Waals surface area (Å²) in [5.74, 6) is -1.05. The number of likely N-dealkylation sites (tertiary alicyclic amines) is 1. The largest absolute Gasteiger partial charge is 0.490 e. The molecule has 1 saturated carbocycles. The van der Waals surface area contributed by atoms with Crippen LogP contribution < -0.4 is 5.32 Å². The van der Waals surface area contributed by atoms with Gasteiger partial charge in [-0.15, -0.1) is 0 Å². The van der Waals surface area contributed by atoms with Gasteiger partial charge < -0.3 is 15.3 Å². The smallest absolute Gasteiger partial charge is 0.475 e. The number of rotatable bonds is 5. The minimum Gasteiger partial charge on any atom is -0.475 e. The maximum atomic E-state index is 12.4. The number of hydrogen-bond donors (Lipinski definition) is 2. The van der Waals surface area contributed by atoms with Crippen LogP contribution in [0.4, 0.5) is 18.9 Å². The summed E-state index contributed by atoms with van der Waals surface area (Å²) in [4.78, 5) is 28.1. The van der Waals surface area contributed by atoms with Crippen molar-refractivity contribution in [3.63, 3.8) is 0 Å². The highest BCUT2D eigenvalue weighted by Crippen LogP contribution is 2.34. The van der Waals surface area contributed by atoms with E-state index in [-0.39, 0.29) is 11.8 Å². The van der Waals surface area contributed by atoms with Gasteiger partial charge in [0.25, 0.3) is 0 Å². The van der Waals surface area contributed by atoms with Crippen LogP contribution in [-0.2, 0) is 16.1 Å². The molecule has 2 aromatic heterocycles. The quantitative estimate of drug-likeness (QED) is 0.560. The number of carboxylic acids is 1. The van der Waals surface area contributed by atoms with E-state index in [9.17, 15) is 18.0 Å². The van der Waals surface area contributed by atoms with E-state index < -0.39 is 12.1 Å². The van der Waals surface area contributed by atoms with Crippen LogP contribution in [0.2, 0.25) is 0 Å². The molecule has 1 saturated heterocycles. The first kappa shape index (κ1) is 24.5. The van der Waals surface area contributed by atoms with Crippen molar-refractivity contribution in [2.45, 2.75) is 44.3 Å². The molecule has 1 aliphatic carbocycles. The molecule has 2 aliphatic rings. The number of carbonyl (C=O) groups excluding carboxylic acids is 1. The van der Waals surface area contributed by atoms with Crippen molar-refractivity contribution in [3.05, 3.63) is 60.0 Å². The van der Waals surface area contributed by atoms with Gasteiger partial charge in [0, 0.05) is 31.5 Å². The molecule has 0 spiro atoms. The molecule has 8 nitrogen and oxygen atoms in total. The van der Waals surface area contributed by atoms with Gasteiger partial charge in [-0.1, -0.05) is 30.3 Å². The fourth-order valence-electron chi connectivity index (χ4n) is 3.95. The van der Waals surface area contributed by atoms with Crippen molar-refractivity contribution in [1.29, 1.82) is 0 Å². The van der Waals surface area contributed by atoms with Gasteiger partial charge in [-0.2, -0.15) is 18.3 Å². The average Bonchev–Trinajstić information content (AvgIpc) is 3.61. The molecule has 2 N–H and O–H groups in total. The Morgan fingerprint density at radius 2 is 1.80 bits per heavy atom. The van der Waals surface area contributed by atoms with Gasteiger partial charge in [-0.3, -0.25) is 4.79 Å². The zero-order chi connectivity index (χ0) is 25.0. The molecular formula is C24H26F3N5O3. The van der Waals surface area contributed by atoms with Crippen LogP contribution in [0.1, 0.15) is 43.0 Å². The molecule has 1 aliphatic heterocycles. The zero-order valence-electron chi connectivity index (χ0n) is 18.9. The Labute approximate surface area is 199 Å². The van der Waals surface area contributed by atoms with E-state index in [4.69, 9.17) is 20.0 Å². The summed E-state index contributed by atoms with van der Waals surface area (Å²) in [6.45, 7) is 2.41. The van der Waals surface area contributed by atoms with Crippen LogP contribution in [0, 0.1) is 5.92 Å². The number of amides is 1. The number of aromatic nitrogens is 3.